The highest BCUT2D eigenvalue weighted by atomic mass is 35.7. The Balaban J connectivity index is 3.14. The largest absolute Gasteiger partial charge is 0.400 e. The van der Waals surface area contributed by atoms with Crippen LogP contribution in [0.1, 0.15) is 0 Å². The lowest BCUT2D eigenvalue weighted by atomic mass is 10.4. The second-order valence-electron chi connectivity index (χ2n) is 2.49. The van der Waals surface area contributed by atoms with Gasteiger partial charge < -0.3 is 0 Å². The van der Waals surface area contributed by atoms with E-state index in [1.807, 2.05) is 0 Å². The van der Waals surface area contributed by atoms with Crippen molar-refractivity contribution in [2.45, 2.75) is 4.90 Å². The lowest BCUT2D eigenvalue weighted by Crippen LogP contribution is -2.07. The van der Waals surface area contributed by atoms with E-state index in [1.54, 1.807) is 0 Å². The third-order valence-electron chi connectivity index (χ3n) is 1.46. The van der Waals surface area contributed by atoms with Crippen molar-refractivity contribution in [2.24, 2.45) is 0 Å². The van der Waals surface area contributed by atoms with Gasteiger partial charge >= 0.3 is 7.07 Å². The molecule has 0 unspecified atom stereocenters. The molecule has 1 aromatic carbocycles. The molecular formula is C6H7ClO5PS+. The standard InChI is InChI=1S/C6H6ClO5PS/c7-13(8,9)5-1-3-6(4-2-5)14(10,11)12/h1-4,8-9H/p+1. The van der Waals surface area contributed by atoms with Crippen molar-refractivity contribution in [1.82, 2.24) is 0 Å². The molecule has 3 N–H and O–H groups in total. The van der Waals surface area contributed by atoms with Crippen molar-refractivity contribution in [2.75, 3.05) is 0 Å². The summed E-state index contributed by atoms with van der Waals surface area (Å²) in [5, 5.41) is 0.0200. The van der Waals surface area contributed by atoms with Crippen LogP contribution in [0.2, 0.25) is 0 Å². The van der Waals surface area contributed by atoms with Crippen LogP contribution in [-0.4, -0.2) is 22.8 Å². The van der Waals surface area contributed by atoms with Crippen molar-refractivity contribution in [3.8, 4) is 0 Å². The predicted molar refractivity (Wildman–Crippen MR) is 53.1 cm³/mol. The first kappa shape index (κ1) is 11.8. The van der Waals surface area contributed by atoms with E-state index in [1.165, 1.54) is 0 Å². The Hall–Kier alpha value is -0.230. The van der Waals surface area contributed by atoms with Crippen LogP contribution in [-0.2, 0) is 10.1 Å². The first-order valence-electron chi connectivity index (χ1n) is 3.33. The van der Waals surface area contributed by atoms with Crippen LogP contribution in [0, 0.1) is 0 Å². The molecule has 0 atom stereocenters. The fourth-order valence-electron chi connectivity index (χ4n) is 0.808. The maximum absolute atomic E-state index is 10.6. The molecule has 5 nitrogen and oxygen atoms in total. The highest BCUT2D eigenvalue weighted by Gasteiger charge is 2.34. The summed E-state index contributed by atoms with van der Waals surface area (Å²) in [4.78, 5) is 17.7. The number of rotatable bonds is 2. The molecule has 0 aliphatic carbocycles. The zero-order valence-corrected chi connectivity index (χ0v) is 9.17. The molecule has 14 heavy (non-hydrogen) atoms. The molecule has 0 heterocycles. The molecule has 0 bridgehead atoms. The van der Waals surface area contributed by atoms with Crippen molar-refractivity contribution in [1.29, 1.82) is 0 Å². The van der Waals surface area contributed by atoms with Gasteiger partial charge in [0, 0.05) is 0 Å². The van der Waals surface area contributed by atoms with E-state index in [-0.39, 0.29) is 10.2 Å². The molecule has 1 aromatic rings. The van der Waals surface area contributed by atoms with Gasteiger partial charge in [0.2, 0.25) is 0 Å². The molecule has 0 amide bonds. The second-order valence-corrected chi connectivity index (χ2v) is 6.90. The number of hydrogen-bond acceptors (Lipinski definition) is 4. The van der Waals surface area contributed by atoms with Gasteiger partial charge in [-0.15, -0.1) is 0 Å². The van der Waals surface area contributed by atoms with Gasteiger partial charge in [0.15, 0.2) is 16.5 Å². The molecule has 0 spiro atoms. The Labute approximate surface area is 86.0 Å². The van der Waals surface area contributed by atoms with Gasteiger partial charge in [0.05, 0.1) is 4.90 Å². The van der Waals surface area contributed by atoms with E-state index in [2.05, 4.69) is 0 Å². The topological polar surface area (TPSA) is 94.8 Å². The maximum Gasteiger partial charge on any atom is 0.400 e. The molecule has 0 aromatic heterocycles. The highest BCUT2D eigenvalue weighted by molar-refractivity contribution is 7.95. The van der Waals surface area contributed by atoms with Crippen LogP contribution >= 0.6 is 18.3 Å². The lowest BCUT2D eigenvalue weighted by Gasteiger charge is -2.02. The van der Waals surface area contributed by atoms with E-state index < -0.39 is 17.2 Å². The van der Waals surface area contributed by atoms with Crippen molar-refractivity contribution >= 4 is 33.7 Å². The molecular weight excluding hydrogens is 251 g/mol. The van der Waals surface area contributed by atoms with E-state index in [4.69, 9.17) is 25.6 Å². The van der Waals surface area contributed by atoms with Crippen LogP contribution in [0.25, 0.3) is 0 Å². The summed E-state index contributed by atoms with van der Waals surface area (Å²) in [6.07, 6.45) is 0. The molecule has 78 valence electrons. The molecule has 0 radical (unpaired) electrons. The molecule has 0 aliphatic heterocycles. The summed E-state index contributed by atoms with van der Waals surface area (Å²) in [5.41, 5.74) is 0. The lowest BCUT2D eigenvalue weighted by molar-refractivity contribution is 0.481. The SMILES string of the molecule is O=S(=O)(O)c1ccc([P+](O)(O)Cl)cc1. The number of benzene rings is 1. The van der Waals surface area contributed by atoms with Crippen LogP contribution < -0.4 is 5.30 Å². The van der Waals surface area contributed by atoms with E-state index >= 15 is 0 Å². The summed E-state index contributed by atoms with van der Waals surface area (Å²) in [7, 11) is -7.90. The molecule has 0 fully saturated rings. The van der Waals surface area contributed by atoms with Gasteiger partial charge in [-0.25, -0.2) is 0 Å². The maximum atomic E-state index is 10.6. The monoisotopic (exact) mass is 257 g/mol. The summed E-state index contributed by atoms with van der Waals surface area (Å²) in [6, 6.07) is 4.33. The Bertz CT molecular complexity index is 421. The fraction of sp³-hybridized carbons (Fsp3) is 0. The predicted octanol–water partition coefficient (Wildman–Crippen LogP) is 0.545. The first-order valence-corrected chi connectivity index (χ1v) is 7.37. The number of halogens is 1. The first-order chi connectivity index (χ1) is 6.21. The Kier molecular flexibility index (Phi) is 3.16. The zero-order chi connectivity index (χ0) is 11.0. The van der Waals surface area contributed by atoms with Gasteiger partial charge in [-0.3, -0.25) is 4.55 Å². The minimum absolute atomic E-state index is 0.0200. The van der Waals surface area contributed by atoms with E-state index in [0.29, 0.717) is 0 Å². The van der Waals surface area contributed by atoms with Crippen LogP contribution in [0.3, 0.4) is 0 Å². The summed E-state index contributed by atoms with van der Waals surface area (Å²) in [5.74, 6) is 0. The Morgan fingerprint density at radius 3 is 1.86 bits per heavy atom. The van der Waals surface area contributed by atoms with Crippen LogP contribution in [0.15, 0.2) is 29.2 Å². The van der Waals surface area contributed by atoms with Gasteiger partial charge in [0.1, 0.15) is 0 Å². The van der Waals surface area contributed by atoms with Crippen molar-refractivity contribution < 1.29 is 22.8 Å². The van der Waals surface area contributed by atoms with Crippen LogP contribution in [0.5, 0.6) is 0 Å². The van der Waals surface area contributed by atoms with Gasteiger partial charge in [-0.05, 0) is 24.3 Å². The number of hydrogen-bond donors (Lipinski definition) is 3. The van der Waals surface area contributed by atoms with Gasteiger partial charge in [0.25, 0.3) is 10.1 Å². The highest BCUT2D eigenvalue weighted by Crippen LogP contribution is 2.53. The van der Waals surface area contributed by atoms with Crippen molar-refractivity contribution in [3.05, 3.63) is 24.3 Å². The summed E-state index contributed by atoms with van der Waals surface area (Å²) >= 11 is 5.24. The molecule has 0 saturated heterocycles. The average molecular weight is 258 g/mol. The Morgan fingerprint density at radius 1 is 1.14 bits per heavy atom. The van der Waals surface area contributed by atoms with E-state index in [9.17, 15) is 8.42 Å². The minimum Gasteiger partial charge on any atom is -0.282 e. The average Bonchev–Trinajstić information content (AvgIpc) is 2.01. The second kappa shape index (κ2) is 3.73. The third-order valence-corrected chi connectivity index (χ3v) is 3.87. The minimum atomic E-state index is -4.26. The molecule has 0 aliphatic rings. The quantitative estimate of drug-likeness (QED) is 0.531. The molecule has 1 rings (SSSR count). The van der Waals surface area contributed by atoms with Crippen molar-refractivity contribution in [3.63, 3.8) is 0 Å². The zero-order valence-electron chi connectivity index (χ0n) is 6.70. The van der Waals surface area contributed by atoms with Crippen LogP contribution in [0.4, 0.5) is 0 Å². The Morgan fingerprint density at radius 2 is 1.57 bits per heavy atom. The fourth-order valence-corrected chi connectivity index (χ4v) is 2.15. The summed E-state index contributed by atoms with van der Waals surface area (Å²) in [6.45, 7) is 0. The van der Waals surface area contributed by atoms with Gasteiger partial charge in [-0.1, -0.05) is 0 Å². The molecule has 8 heteroatoms. The third kappa shape index (κ3) is 2.88. The van der Waals surface area contributed by atoms with Gasteiger partial charge in [-0.2, -0.15) is 18.2 Å². The molecule has 0 saturated carbocycles. The smallest absolute Gasteiger partial charge is 0.282 e. The normalized spacial score (nSPS) is 12.9. The summed E-state index contributed by atoms with van der Waals surface area (Å²) < 4.78 is 29.8. The van der Waals surface area contributed by atoms with E-state index in [0.717, 1.165) is 24.3 Å².